The van der Waals surface area contributed by atoms with Crippen LogP contribution in [0.4, 0.5) is 5.69 Å². The van der Waals surface area contributed by atoms with E-state index < -0.39 is 10.0 Å². The molecule has 0 aliphatic rings. The number of aromatic nitrogens is 2. The molecule has 106 valence electrons. The van der Waals surface area contributed by atoms with E-state index in [2.05, 4.69) is 15.3 Å². The van der Waals surface area contributed by atoms with Gasteiger partial charge in [-0.25, -0.2) is 23.5 Å². The van der Waals surface area contributed by atoms with Gasteiger partial charge in [-0.3, -0.25) is 0 Å². The number of nitrogens with zero attached hydrogens (tertiary/aromatic N) is 2. The maximum absolute atomic E-state index is 11.5. The summed E-state index contributed by atoms with van der Waals surface area (Å²) in [5.41, 5.74) is 2.13. The van der Waals surface area contributed by atoms with Gasteiger partial charge in [-0.1, -0.05) is 6.07 Å². The van der Waals surface area contributed by atoms with Crippen molar-refractivity contribution in [1.29, 1.82) is 0 Å². The van der Waals surface area contributed by atoms with Crippen LogP contribution in [0.25, 0.3) is 0 Å². The van der Waals surface area contributed by atoms with Crippen molar-refractivity contribution in [1.82, 2.24) is 9.97 Å². The fourth-order valence-corrected chi connectivity index (χ4v) is 2.62. The molecular weight excluding hydrogens is 276 g/mol. The third-order valence-corrected chi connectivity index (χ3v) is 3.85. The second-order valence-corrected chi connectivity index (χ2v) is 6.00. The van der Waals surface area contributed by atoms with Gasteiger partial charge in [-0.15, -0.1) is 0 Å². The van der Waals surface area contributed by atoms with E-state index in [4.69, 9.17) is 5.14 Å². The van der Waals surface area contributed by atoms with Crippen molar-refractivity contribution in [3.63, 3.8) is 0 Å². The van der Waals surface area contributed by atoms with E-state index in [9.17, 15) is 8.42 Å². The predicted octanol–water partition coefficient (Wildman–Crippen LogP) is 1.35. The molecule has 0 unspecified atom stereocenters. The number of hydrogen-bond donors (Lipinski definition) is 2. The van der Waals surface area contributed by atoms with Crippen molar-refractivity contribution in [2.24, 2.45) is 5.14 Å². The van der Waals surface area contributed by atoms with Gasteiger partial charge in [0.25, 0.3) is 0 Å². The number of nitrogens with two attached hydrogens (primary N) is 1. The molecule has 2 aromatic rings. The summed E-state index contributed by atoms with van der Waals surface area (Å²) in [6.07, 6.45) is 1.68. The number of rotatable bonds is 4. The minimum Gasteiger partial charge on any atom is -0.379 e. The quantitative estimate of drug-likeness (QED) is 0.886. The van der Waals surface area contributed by atoms with Crippen molar-refractivity contribution in [2.45, 2.75) is 25.3 Å². The van der Waals surface area contributed by atoms with Crippen LogP contribution in [0.2, 0.25) is 0 Å². The predicted molar refractivity (Wildman–Crippen MR) is 76.6 cm³/mol. The average Bonchev–Trinajstić information content (AvgIpc) is 2.36. The molecular formula is C13H16N4O2S. The third-order valence-electron chi connectivity index (χ3n) is 2.80. The van der Waals surface area contributed by atoms with E-state index in [1.54, 1.807) is 31.3 Å². The van der Waals surface area contributed by atoms with Crippen LogP contribution in [0.15, 0.2) is 35.4 Å². The molecule has 0 atom stereocenters. The lowest BCUT2D eigenvalue weighted by Crippen LogP contribution is -2.14. The summed E-state index contributed by atoms with van der Waals surface area (Å²) in [6.45, 7) is 4.00. The van der Waals surface area contributed by atoms with E-state index >= 15 is 0 Å². The molecule has 0 saturated carbocycles. The number of sulfonamides is 1. The lowest BCUT2D eigenvalue weighted by Gasteiger charge is -2.09. The van der Waals surface area contributed by atoms with Crippen LogP contribution in [0.3, 0.4) is 0 Å². The topological polar surface area (TPSA) is 98.0 Å². The minimum atomic E-state index is -3.71. The van der Waals surface area contributed by atoms with Gasteiger partial charge in [0.15, 0.2) is 0 Å². The first kappa shape index (κ1) is 14.4. The molecule has 0 radical (unpaired) electrons. The average molecular weight is 292 g/mol. The number of primary sulfonamides is 1. The maximum Gasteiger partial charge on any atom is 0.238 e. The molecule has 0 aliphatic carbocycles. The molecule has 7 heteroatoms. The highest BCUT2D eigenvalue weighted by Crippen LogP contribution is 2.19. The summed E-state index contributed by atoms with van der Waals surface area (Å²) in [7, 11) is -3.71. The van der Waals surface area contributed by atoms with Crippen LogP contribution in [0.5, 0.6) is 0 Å². The molecule has 0 aliphatic heterocycles. The highest BCUT2D eigenvalue weighted by atomic mass is 32.2. The fourth-order valence-electron chi connectivity index (χ4n) is 1.81. The smallest absolute Gasteiger partial charge is 0.238 e. The first-order chi connectivity index (χ1) is 9.36. The largest absolute Gasteiger partial charge is 0.379 e. The zero-order valence-electron chi connectivity index (χ0n) is 11.3. The Bertz CT molecular complexity index is 729. The Hall–Kier alpha value is -1.99. The van der Waals surface area contributed by atoms with Crippen LogP contribution in [0.1, 0.15) is 17.1 Å². The van der Waals surface area contributed by atoms with Gasteiger partial charge in [0, 0.05) is 11.9 Å². The number of hydrogen-bond acceptors (Lipinski definition) is 5. The Kier molecular flexibility index (Phi) is 4.01. The van der Waals surface area contributed by atoms with E-state index in [1.165, 1.54) is 6.07 Å². The Morgan fingerprint density at radius 3 is 2.65 bits per heavy atom. The van der Waals surface area contributed by atoms with Crippen LogP contribution < -0.4 is 10.5 Å². The molecule has 6 nitrogen and oxygen atoms in total. The summed E-state index contributed by atoms with van der Waals surface area (Å²) in [5, 5.41) is 8.30. The zero-order chi connectivity index (χ0) is 14.8. The Balaban J connectivity index is 2.19. The molecule has 0 fully saturated rings. The molecule has 0 saturated heterocycles. The first-order valence-electron chi connectivity index (χ1n) is 6.02. The van der Waals surface area contributed by atoms with Gasteiger partial charge in [-0.05, 0) is 37.6 Å². The van der Waals surface area contributed by atoms with Crippen molar-refractivity contribution in [3.05, 3.63) is 47.5 Å². The standard InChI is InChI=1S/C13H16N4O2S/c1-9-3-4-11(7-13(9)20(14,18)19)16-8-12-5-6-15-10(2)17-12/h3-7,16H,8H2,1-2H3,(H2,14,18,19). The number of nitrogens with one attached hydrogen (secondary N) is 1. The van der Waals surface area contributed by atoms with E-state index in [0.717, 1.165) is 5.69 Å². The Morgan fingerprint density at radius 2 is 2.00 bits per heavy atom. The van der Waals surface area contributed by atoms with Crippen molar-refractivity contribution < 1.29 is 8.42 Å². The molecule has 0 spiro atoms. The van der Waals surface area contributed by atoms with Crippen LogP contribution in [-0.4, -0.2) is 18.4 Å². The van der Waals surface area contributed by atoms with Crippen LogP contribution in [-0.2, 0) is 16.6 Å². The number of aryl methyl sites for hydroxylation is 2. The SMILES string of the molecule is Cc1nccc(CNc2ccc(C)c(S(N)(=O)=O)c2)n1. The Labute approximate surface area is 118 Å². The van der Waals surface area contributed by atoms with E-state index in [0.29, 0.717) is 23.6 Å². The second-order valence-electron chi connectivity index (χ2n) is 4.47. The van der Waals surface area contributed by atoms with Crippen molar-refractivity contribution in [2.75, 3.05) is 5.32 Å². The highest BCUT2D eigenvalue weighted by Gasteiger charge is 2.12. The summed E-state index contributed by atoms with van der Waals surface area (Å²) in [5.74, 6) is 0.693. The Morgan fingerprint density at radius 1 is 1.25 bits per heavy atom. The summed E-state index contributed by atoms with van der Waals surface area (Å²) in [6, 6.07) is 6.85. The monoisotopic (exact) mass is 292 g/mol. The lowest BCUT2D eigenvalue weighted by molar-refractivity contribution is 0.597. The van der Waals surface area contributed by atoms with Crippen LogP contribution in [0, 0.1) is 13.8 Å². The van der Waals surface area contributed by atoms with Crippen LogP contribution >= 0.6 is 0 Å². The van der Waals surface area contributed by atoms with E-state index in [1.807, 2.05) is 6.92 Å². The number of benzene rings is 1. The molecule has 0 bridgehead atoms. The lowest BCUT2D eigenvalue weighted by atomic mass is 10.2. The van der Waals surface area contributed by atoms with Gasteiger partial charge in [0.05, 0.1) is 17.1 Å². The summed E-state index contributed by atoms with van der Waals surface area (Å²) in [4.78, 5) is 8.40. The van der Waals surface area contributed by atoms with Crippen molar-refractivity contribution in [3.8, 4) is 0 Å². The van der Waals surface area contributed by atoms with Gasteiger partial charge >= 0.3 is 0 Å². The van der Waals surface area contributed by atoms with E-state index in [-0.39, 0.29) is 4.90 Å². The molecule has 20 heavy (non-hydrogen) atoms. The summed E-state index contributed by atoms with van der Waals surface area (Å²) < 4.78 is 22.9. The van der Waals surface area contributed by atoms with Crippen molar-refractivity contribution >= 4 is 15.7 Å². The minimum absolute atomic E-state index is 0.126. The fraction of sp³-hybridized carbons (Fsp3) is 0.231. The zero-order valence-corrected chi connectivity index (χ0v) is 12.1. The van der Waals surface area contributed by atoms with Gasteiger partial charge in [-0.2, -0.15) is 0 Å². The number of anilines is 1. The molecule has 1 heterocycles. The summed E-state index contributed by atoms with van der Waals surface area (Å²) >= 11 is 0. The molecule has 1 aromatic carbocycles. The normalized spacial score (nSPS) is 11.3. The maximum atomic E-state index is 11.5. The van der Waals surface area contributed by atoms with Gasteiger partial charge in [0.2, 0.25) is 10.0 Å². The molecule has 0 amide bonds. The second kappa shape index (κ2) is 5.56. The van der Waals surface area contributed by atoms with Gasteiger partial charge < -0.3 is 5.32 Å². The third kappa shape index (κ3) is 3.52. The molecule has 1 aromatic heterocycles. The highest BCUT2D eigenvalue weighted by molar-refractivity contribution is 7.89. The molecule has 2 rings (SSSR count). The molecule has 3 N–H and O–H groups in total. The first-order valence-corrected chi connectivity index (χ1v) is 7.57. The van der Waals surface area contributed by atoms with Gasteiger partial charge in [0.1, 0.15) is 5.82 Å².